The number of benzene rings is 1. The first-order valence-corrected chi connectivity index (χ1v) is 7.20. The van der Waals surface area contributed by atoms with Crippen molar-refractivity contribution in [3.8, 4) is 6.07 Å². The summed E-state index contributed by atoms with van der Waals surface area (Å²) in [5, 5.41) is 10.6. The van der Waals surface area contributed by atoms with Crippen LogP contribution in [0.15, 0.2) is 48.7 Å². The second-order valence-electron chi connectivity index (χ2n) is 5.29. The molecular weight excluding hydrogens is 282 g/mol. The average Bonchev–Trinajstić information content (AvgIpc) is 2.51. The first-order chi connectivity index (χ1) is 10.1. The SMILES string of the molecule is CN(C)CC[C@@](C#N)(c1ccc(Cl)cc1)c1ccccn1. The molecule has 0 N–H and O–H groups in total. The van der Waals surface area contributed by atoms with Crippen molar-refractivity contribution in [2.24, 2.45) is 0 Å². The van der Waals surface area contributed by atoms with E-state index in [1.807, 2.05) is 56.6 Å². The van der Waals surface area contributed by atoms with E-state index < -0.39 is 5.41 Å². The van der Waals surface area contributed by atoms with E-state index >= 15 is 0 Å². The lowest BCUT2D eigenvalue weighted by Crippen LogP contribution is -2.31. The van der Waals surface area contributed by atoms with E-state index in [1.165, 1.54) is 0 Å². The first-order valence-electron chi connectivity index (χ1n) is 6.82. The molecule has 0 fully saturated rings. The lowest BCUT2D eigenvalue weighted by atomic mass is 9.75. The molecule has 0 amide bonds. The van der Waals surface area contributed by atoms with Crippen molar-refractivity contribution in [1.82, 2.24) is 9.88 Å². The summed E-state index contributed by atoms with van der Waals surface area (Å²) in [6, 6.07) is 15.6. The summed E-state index contributed by atoms with van der Waals surface area (Å²) >= 11 is 5.97. The normalized spacial score (nSPS) is 13.7. The number of aromatic nitrogens is 1. The van der Waals surface area contributed by atoms with Crippen LogP contribution in [0.4, 0.5) is 0 Å². The monoisotopic (exact) mass is 299 g/mol. The Kier molecular flexibility index (Phi) is 4.95. The van der Waals surface area contributed by atoms with Gasteiger partial charge >= 0.3 is 0 Å². The third kappa shape index (κ3) is 3.41. The van der Waals surface area contributed by atoms with Crippen LogP contribution in [0.1, 0.15) is 17.7 Å². The minimum atomic E-state index is -0.754. The third-order valence-electron chi connectivity index (χ3n) is 3.56. The van der Waals surface area contributed by atoms with Crippen LogP contribution in [0.3, 0.4) is 0 Å². The molecule has 0 saturated heterocycles. The molecule has 1 aromatic heterocycles. The maximum Gasteiger partial charge on any atom is 0.125 e. The predicted molar refractivity (Wildman–Crippen MR) is 85.3 cm³/mol. The molecule has 0 bridgehead atoms. The van der Waals surface area contributed by atoms with E-state index in [2.05, 4.69) is 16.0 Å². The second kappa shape index (κ2) is 6.71. The number of hydrogen-bond acceptors (Lipinski definition) is 3. The van der Waals surface area contributed by atoms with Crippen LogP contribution in [-0.4, -0.2) is 30.5 Å². The number of nitriles is 1. The topological polar surface area (TPSA) is 39.9 Å². The largest absolute Gasteiger partial charge is 0.309 e. The van der Waals surface area contributed by atoms with Crippen LogP contribution in [-0.2, 0) is 5.41 Å². The number of rotatable bonds is 5. The Bertz CT molecular complexity index is 617. The number of pyridine rings is 1. The highest BCUT2D eigenvalue weighted by Crippen LogP contribution is 2.34. The lowest BCUT2D eigenvalue weighted by molar-refractivity contribution is 0.369. The molecule has 0 radical (unpaired) electrons. The van der Waals surface area contributed by atoms with Gasteiger partial charge in [-0.1, -0.05) is 29.8 Å². The summed E-state index contributed by atoms with van der Waals surface area (Å²) in [6.07, 6.45) is 2.40. The van der Waals surface area contributed by atoms with Crippen LogP contribution in [0, 0.1) is 11.3 Å². The zero-order valence-electron chi connectivity index (χ0n) is 12.3. The van der Waals surface area contributed by atoms with Gasteiger partial charge in [0.25, 0.3) is 0 Å². The molecule has 108 valence electrons. The summed E-state index contributed by atoms with van der Waals surface area (Å²) in [4.78, 5) is 6.50. The molecule has 0 aliphatic carbocycles. The molecule has 0 aliphatic heterocycles. The van der Waals surface area contributed by atoms with Crippen molar-refractivity contribution in [2.45, 2.75) is 11.8 Å². The van der Waals surface area contributed by atoms with Gasteiger partial charge in [0.15, 0.2) is 0 Å². The Morgan fingerprint density at radius 2 is 1.90 bits per heavy atom. The maximum atomic E-state index is 9.92. The number of hydrogen-bond donors (Lipinski definition) is 0. The molecule has 0 saturated carbocycles. The molecule has 1 heterocycles. The third-order valence-corrected chi connectivity index (χ3v) is 3.82. The van der Waals surface area contributed by atoms with E-state index in [9.17, 15) is 5.26 Å². The maximum absolute atomic E-state index is 9.92. The second-order valence-corrected chi connectivity index (χ2v) is 5.73. The quantitative estimate of drug-likeness (QED) is 0.848. The molecule has 0 unspecified atom stereocenters. The number of nitrogens with zero attached hydrogens (tertiary/aromatic N) is 3. The highest BCUT2D eigenvalue weighted by atomic mass is 35.5. The molecule has 0 aliphatic rings. The van der Waals surface area contributed by atoms with Gasteiger partial charge in [-0.25, -0.2) is 0 Å². The Hall–Kier alpha value is -1.89. The smallest absolute Gasteiger partial charge is 0.125 e. The molecule has 21 heavy (non-hydrogen) atoms. The summed E-state index contributed by atoms with van der Waals surface area (Å²) in [7, 11) is 4.00. The fourth-order valence-corrected chi connectivity index (χ4v) is 2.46. The summed E-state index contributed by atoms with van der Waals surface area (Å²) in [6.45, 7) is 0.798. The summed E-state index contributed by atoms with van der Waals surface area (Å²) < 4.78 is 0. The Morgan fingerprint density at radius 1 is 1.19 bits per heavy atom. The number of halogens is 1. The molecule has 1 aromatic carbocycles. The van der Waals surface area contributed by atoms with E-state index in [1.54, 1.807) is 6.20 Å². The van der Waals surface area contributed by atoms with Crippen LogP contribution in [0.5, 0.6) is 0 Å². The minimum Gasteiger partial charge on any atom is -0.309 e. The fourth-order valence-electron chi connectivity index (χ4n) is 2.34. The van der Waals surface area contributed by atoms with Gasteiger partial charge < -0.3 is 4.90 Å². The molecule has 3 nitrogen and oxygen atoms in total. The highest BCUT2D eigenvalue weighted by Gasteiger charge is 2.35. The predicted octanol–water partition coefficient (Wildman–Crippen LogP) is 3.50. The van der Waals surface area contributed by atoms with Gasteiger partial charge in [0.2, 0.25) is 0 Å². The van der Waals surface area contributed by atoms with Gasteiger partial charge in [-0.05, 0) is 56.9 Å². The summed E-state index contributed by atoms with van der Waals surface area (Å²) in [5.74, 6) is 0. The zero-order chi connectivity index (χ0) is 15.3. The van der Waals surface area contributed by atoms with Crippen molar-refractivity contribution in [3.63, 3.8) is 0 Å². The standard InChI is InChI=1S/C17H18ClN3/c1-21(2)12-10-17(13-19,16-5-3-4-11-20-16)14-6-8-15(18)9-7-14/h3-9,11H,10,12H2,1-2H3/t17-/m1/s1. The molecule has 2 rings (SSSR count). The Balaban J connectivity index is 2.52. The fraction of sp³-hybridized carbons (Fsp3) is 0.294. The Morgan fingerprint density at radius 3 is 2.43 bits per heavy atom. The van der Waals surface area contributed by atoms with Crippen LogP contribution in [0.2, 0.25) is 5.02 Å². The van der Waals surface area contributed by atoms with Crippen LogP contribution < -0.4 is 0 Å². The van der Waals surface area contributed by atoms with Gasteiger partial charge in [0, 0.05) is 11.2 Å². The van der Waals surface area contributed by atoms with Crippen LogP contribution >= 0.6 is 11.6 Å². The molecular formula is C17H18ClN3. The molecule has 4 heteroatoms. The van der Waals surface area contributed by atoms with Crippen LogP contribution in [0.25, 0.3) is 0 Å². The van der Waals surface area contributed by atoms with Crippen molar-refractivity contribution in [3.05, 3.63) is 64.9 Å². The van der Waals surface area contributed by atoms with E-state index in [4.69, 9.17) is 11.6 Å². The molecule has 2 aromatic rings. The van der Waals surface area contributed by atoms with E-state index in [0.717, 1.165) is 17.8 Å². The van der Waals surface area contributed by atoms with Gasteiger partial charge in [0.1, 0.15) is 5.41 Å². The minimum absolute atomic E-state index is 0.666. The molecule has 0 spiro atoms. The van der Waals surface area contributed by atoms with Crippen molar-refractivity contribution in [2.75, 3.05) is 20.6 Å². The van der Waals surface area contributed by atoms with Crippen molar-refractivity contribution >= 4 is 11.6 Å². The van der Waals surface area contributed by atoms with E-state index in [-0.39, 0.29) is 0 Å². The highest BCUT2D eigenvalue weighted by molar-refractivity contribution is 6.30. The first kappa shape index (κ1) is 15.5. The van der Waals surface area contributed by atoms with Gasteiger partial charge in [-0.3, -0.25) is 4.98 Å². The summed E-state index contributed by atoms with van der Waals surface area (Å²) in [5.41, 5.74) is 0.947. The molecule has 1 atom stereocenters. The van der Waals surface area contributed by atoms with Gasteiger partial charge in [-0.15, -0.1) is 0 Å². The Labute approximate surface area is 130 Å². The van der Waals surface area contributed by atoms with E-state index in [0.29, 0.717) is 11.4 Å². The zero-order valence-corrected chi connectivity index (χ0v) is 13.0. The van der Waals surface area contributed by atoms with Crippen molar-refractivity contribution in [1.29, 1.82) is 5.26 Å². The lowest BCUT2D eigenvalue weighted by Gasteiger charge is -2.28. The van der Waals surface area contributed by atoms with Crippen molar-refractivity contribution < 1.29 is 0 Å². The van der Waals surface area contributed by atoms with Gasteiger partial charge in [-0.2, -0.15) is 5.26 Å². The van der Waals surface area contributed by atoms with Gasteiger partial charge in [0.05, 0.1) is 11.8 Å². The average molecular weight is 300 g/mol.